The van der Waals surface area contributed by atoms with Crippen LogP contribution in [-0.2, 0) is 9.53 Å². The van der Waals surface area contributed by atoms with Crippen LogP contribution in [0.5, 0.6) is 0 Å². The van der Waals surface area contributed by atoms with E-state index in [2.05, 4.69) is 5.32 Å². The molecule has 0 aliphatic carbocycles. The lowest BCUT2D eigenvalue weighted by Gasteiger charge is -2.41. The van der Waals surface area contributed by atoms with Crippen molar-refractivity contribution in [2.24, 2.45) is 5.41 Å². The van der Waals surface area contributed by atoms with Crippen molar-refractivity contribution in [1.82, 2.24) is 10.2 Å². The number of likely N-dealkylation sites (tertiary alicyclic amines) is 1. The molecule has 0 aromatic rings. The Balaban J connectivity index is 2.04. The van der Waals surface area contributed by atoms with Crippen LogP contribution in [0, 0.1) is 5.41 Å². The van der Waals surface area contributed by atoms with Gasteiger partial charge in [-0.15, -0.1) is 0 Å². The molecule has 0 aromatic heterocycles. The molecule has 21 heavy (non-hydrogen) atoms. The van der Waals surface area contributed by atoms with Crippen molar-refractivity contribution in [2.75, 3.05) is 19.7 Å². The van der Waals surface area contributed by atoms with Crippen LogP contribution in [0.4, 0.5) is 4.79 Å². The number of rotatable bonds is 3. The summed E-state index contributed by atoms with van der Waals surface area (Å²) in [6, 6.07) is -0.173. The van der Waals surface area contributed by atoms with E-state index in [1.807, 2.05) is 20.8 Å². The highest BCUT2D eigenvalue weighted by Crippen LogP contribution is 2.34. The highest BCUT2D eigenvalue weighted by molar-refractivity contribution is 5.79. The molecule has 2 aliphatic heterocycles. The molecule has 2 amide bonds. The molecule has 6 nitrogen and oxygen atoms in total. The summed E-state index contributed by atoms with van der Waals surface area (Å²) in [6.07, 6.45) is 2.67. The van der Waals surface area contributed by atoms with Gasteiger partial charge in [-0.05, 0) is 39.5 Å². The molecule has 0 spiro atoms. The van der Waals surface area contributed by atoms with Gasteiger partial charge in [-0.2, -0.15) is 0 Å². The summed E-state index contributed by atoms with van der Waals surface area (Å²) < 4.78 is 5.53. The maximum absolute atomic E-state index is 12.5. The van der Waals surface area contributed by atoms with Crippen LogP contribution in [-0.4, -0.2) is 53.3 Å². The van der Waals surface area contributed by atoms with Gasteiger partial charge in [0.05, 0.1) is 17.1 Å². The maximum Gasteiger partial charge on any atom is 0.317 e. The molecule has 2 saturated heterocycles. The first-order valence-electron chi connectivity index (χ1n) is 7.75. The molecule has 0 radical (unpaired) electrons. The number of carboxylic acids is 1. The molecule has 3 atom stereocenters. The van der Waals surface area contributed by atoms with Crippen molar-refractivity contribution in [3.05, 3.63) is 0 Å². The molecule has 2 fully saturated rings. The Morgan fingerprint density at radius 2 is 2.14 bits per heavy atom. The van der Waals surface area contributed by atoms with E-state index in [-0.39, 0.29) is 24.2 Å². The van der Waals surface area contributed by atoms with Gasteiger partial charge in [0.1, 0.15) is 0 Å². The number of hydrogen-bond acceptors (Lipinski definition) is 3. The minimum absolute atomic E-state index is 0.0263. The number of carbonyl (C=O) groups is 2. The Morgan fingerprint density at radius 1 is 1.43 bits per heavy atom. The van der Waals surface area contributed by atoms with Crippen molar-refractivity contribution in [3.8, 4) is 0 Å². The zero-order chi connectivity index (χ0) is 15.7. The molecule has 2 heterocycles. The van der Waals surface area contributed by atoms with Gasteiger partial charge < -0.3 is 20.1 Å². The lowest BCUT2D eigenvalue weighted by Crippen LogP contribution is -2.58. The first-order valence-corrected chi connectivity index (χ1v) is 7.75. The Morgan fingerprint density at radius 3 is 2.67 bits per heavy atom. The predicted octanol–water partition coefficient (Wildman–Crippen LogP) is 1.84. The smallest absolute Gasteiger partial charge is 0.317 e. The summed E-state index contributed by atoms with van der Waals surface area (Å²) in [5, 5.41) is 12.5. The second-order valence-electron chi connectivity index (χ2n) is 6.57. The standard InChI is InChI=1S/C15H26N2O4/c1-4-15(12(18)19)6-5-8-17(10-15)13(20)16-14(3)7-9-21-11(14)2/h11H,4-10H2,1-3H3,(H,16,20)(H,18,19). The number of urea groups is 1. The monoisotopic (exact) mass is 298 g/mol. The first-order chi connectivity index (χ1) is 9.83. The van der Waals surface area contributed by atoms with Crippen LogP contribution < -0.4 is 5.32 Å². The molecule has 0 aromatic carbocycles. The summed E-state index contributed by atoms with van der Waals surface area (Å²) in [7, 11) is 0. The van der Waals surface area contributed by atoms with Crippen LogP contribution >= 0.6 is 0 Å². The Bertz CT molecular complexity index is 428. The van der Waals surface area contributed by atoms with Crippen LogP contribution in [0.1, 0.15) is 46.5 Å². The number of nitrogens with zero attached hydrogens (tertiary/aromatic N) is 1. The summed E-state index contributed by atoms with van der Waals surface area (Å²) in [6.45, 7) is 7.37. The minimum Gasteiger partial charge on any atom is -0.481 e. The number of hydrogen-bond donors (Lipinski definition) is 2. The van der Waals surface area contributed by atoms with Gasteiger partial charge >= 0.3 is 12.0 Å². The lowest BCUT2D eigenvalue weighted by atomic mass is 9.78. The number of aliphatic carboxylic acids is 1. The number of nitrogens with one attached hydrogen (secondary N) is 1. The molecule has 2 rings (SSSR count). The van der Waals surface area contributed by atoms with Crippen LogP contribution in [0.25, 0.3) is 0 Å². The van der Waals surface area contributed by atoms with E-state index in [0.29, 0.717) is 26.0 Å². The van der Waals surface area contributed by atoms with E-state index in [1.54, 1.807) is 4.90 Å². The highest BCUT2D eigenvalue weighted by Gasteiger charge is 2.44. The summed E-state index contributed by atoms with van der Waals surface area (Å²) >= 11 is 0. The second kappa shape index (κ2) is 5.83. The third-order valence-corrected chi connectivity index (χ3v) is 5.27. The van der Waals surface area contributed by atoms with E-state index in [4.69, 9.17) is 4.74 Å². The third-order valence-electron chi connectivity index (χ3n) is 5.27. The van der Waals surface area contributed by atoms with Gasteiger partial charge in [0.15, 0.2) is 0 Å². The quantitative estimate of drug-likeness (QED) is 0.833. The van der Waals surface area contributed by atoms with Gasteiger partial charge in [-0.1, -0.05) is 6.92 Å². The number of piperidine rings is 1. The Hall–Kier alpha value is -1.30. The second-order valence-corrected chi connectivity index (χ2v) is 6.57. The fourth-order valence-electron chi connectivity index (χ4n) is 3.24. The molecular formula is C15H26N2O4. The summed E-state index contributed by atoms with van der Waals surface area (Å²) in [4.78, 5) is 25.7. The average Bonchev–Trinajstić information content (AvgIpc) is 2.78. The van der Waals surface area contributed by atoms with Crippen molar-refractivity contribution in [3.63, 3.8) is 0 Å². The van der Waals surface area contributed by atoms with Crippen LogP contribution in [0.2, 0.25) is 0 Å². The van der Waals surface area contributed by atoms with Crippen molar-refractivity contribution in [2.45, 2.75) is 58.1 Å². The Labute approximate surface area is 125 Å². The molecule has 2 aliphatic rings. The number of carbonyl (C=O) groups excluding carboxylic acids is 1. The van der Waals surface area contributed by atoms with Gasteiger partial charge in [0.2, 0.25) is 0 Å². The average molecular weight is 298 g/mol. The zero-order valence-corrected chi connectivity index (χ0v) is 13.1. The molecule has 6 heteroatoms. The number of ether oxygens (including phenoxy) is 1. The van der Waals surface area contributed by atoms with E-state index < -0.39 is 11.4 Å². The molecule has 2 N–H and O–H groups in total. The SMILES string of the molecule is CCC1(C(=O)O)CCCN(C(=O)NC2(C)CCOC2C)C1. The van der Waals surface area contributed by atoms with Gasteiger partial charge in [0.25, 0.3) is 0 Å². The maximum atomic E-state index is 12.5. The largest absolute Gasteiger partial charge is 0.481 e. The van der Waals surface area contributed by atoms with Gasteiger partial charge in [-0.3, -0.25) is 4.79 Å². The lowest BCUT2D eigenvalue weighted by molar-refractivity contribution is -0.152. The van der Waals surface area contributed by atoms with Gasteiger partial charge in [0, 0.05) is 19.7 Å². The third kappa shape index (κ3) is 3.00. The normalized spacial score (nSPS) is 36.5. The van der Waals surface area contributed by atoms with Crippen molar-refractivity contribution >= 4 is 12.0 Å². The molecule has 0 bridgehead atoms. The number of amides is 2. The topological polar surface area (TPSA) is 78.9 Å². The van der Waals surface area contributed by atoms with Gasteiger partial charge in [-0.25, -0.2) is 4.79 Å². The first kappa shape index (κ1) is 16.1. The number of carboxylic acid groups (broad SMARTS) is 1. The zero-order valence-electron chi connectivity index (χ0n) is 13.1. The van der Waals surface area contributed by atoms with Crippen molar-refractivity contribution < 1.29 is 19.4 Å². The molecule has 120 valence electrons. The van der Waals surface area contributed by atoms with Crippen LogP contribution in [0.3, 0.4) is 0 Å². The van der Waals surface area contributed by atoms with E-state index >= 15 is 0 Å². The predicted molar refractivity (Wildman–Crippen MR) is 78.1 cm³/mol. The van der Waals surface area contributed by atoms with E-state index in [0.717, 1.165) is 12.8 Å². The van der Waals surface area contributed by atoms with Crippen LogP contribution in [0.15, 0.2) is 0 Å². The fourth-order valence-corrected chi connectivity index (χ4v) is 3.24. The summed E-state index contributed by atoms with van der Waals surface area (Å²) in [5.41, 5.74) is -1.17. The minimum atomic E-state index is -0.800. The van der Waals surface area contributed by atoms with E-state index in [1.165, 1.54) is 0 Å². The Kier molecular flexibility index (Phi) is 4.46. The molecule has 0 saturated carbocycles. The highest BCUT2D eigenvalue weighted by atomic mass is 16.5. The van der Waals surface area contributed by atoms with Crippen molar-refractivity contribution in [1.29, 1.82) is 0 Å². The molecular weight excluding hydrogens is 272 g/mol. The molecule has 3 unspecified atom stereocenters. The fraction of sp³-hybridized carbons (Fsp3) is 0.867. The van der Waals surface area contributed by atoms with E-state index in [9.17, 15) is 14.7 Å². The summed E-state index contributed by atoms with van der Waals surface area (Å²) in [5.74, 6) is -0.800.